The van der Waals surface area contributed by atoms with Crippen LogP contribution in [0.4, 0.5) is 5.13 Å². The molecule has 122 valence electrons. The van der Waals surface area contributed by atoms with Crippen LogP contribution in [0.15, 0.2) is 5.38 Å². The van der Waals surface area contributed by atoms with E-state index in [0.717, 1.165) is 56.9 Å². The van der Waals surface area contributed by atoms with Crippen molar-refractivity contribution in [1.29, 1.82) is 0 Å². The van der Waals surface area contributed by atoms with Crippen molar-refractivity contribution in [3.63, 3.8) is 0 Å². The van der Waals surface area contributed by atoms with Gasteiger partial charge in [-0.1, -0.05) is 19.8 Å². The zero-order valence-electron chi connectivity index (χ0n) is 13.3. The lowest BCUT2D eigenvalue weighted by Crippen LogP contribution is -2.48. The number of carbonyl (C=O) groups excluding carboxylic acids is 1. The predicted octanol–water partition coefficient (Wildman–Crippen LogP) is 2.59. The van der Waals surface area contributed by atoms with Crippen LogP contribution in [-0.4, -0.2) is 34.4 Å². The Hall–Kier alpha value is -0.980. The first-order chi connectivity index (χ1) is 10.5. The van der Waals surface area contributed by atoms with Crippen molar-refractivity contribution < 1.29 is 4.79 Å². The molecule has 1 amide bonds. The van der Waals surface area contributed by atoms with E-state index in [9.17, 15) is 4.79 Å². The van der Waals surface area contributed by atoms with E-state index in [1.165, 1.54) is 24.2 Å². The fourth-order valence-electron chi connectivity index (χ4n) is 3.55. The van der Waals surface area contributed by atoms with Gasteiger partial charge in [0.1, 0.15) is 0 Å². The summed E-state index contributed by atoms with van der Waals surface area (Å²) in [5.41, 5.74) is 6.54. The van der Waals surface area contributed by atoms with Gasteiger partial charge in [0.05, 0.1) is 11.2 Å². The van der Waals surface area contributed by atoms with Crippen LogP contribution in [-0.2, 0) is 11.3 Å². The van der Waals surface area contributed by atoms with E-state index in [1.807, 2.05) is 5.38 Å². The van der Waals surface area contributed by atoms with Gasteiger partial charge in [0.25, 0.3) is 0 Å². The molecule has 5 nitrogen and oxygen atoms in total. The Bertz CT molecular complexity index is 524. The Labute approximate surface area is 136 Å². The monoisotopic (exact) mass is 322 g/mol. The Morgan fingerprint density at radius 3 is 3.00 bits per heavy atom. The van der Waals surface area contributed by atoms with Gasteiger partial charge in [0.2, 0.25) is 5.91 Å². The van der Waals surface area contributed by atoms with Gasteiger partial charge < -0.3 is 11.1 Å². The smallest absolute Gasteiger partial charge is 0.246 e. The first-order valence-corrected chi connectivity index (χ1v) is 9.20. The van der Waals surface area contributed by atoms with Crippen LogP contribution in [0.1, 0.15) is 51.1 Å². The molecule has 2 aliphatic rings. The minimum atomic E-state index is -0.686. The van der Waals surface area contributed by atoms with E-state index in [1.54, 1.807) is 0 Å². The van der Waals surface area contributed by atoms with Crippen LogP contribution in [0, 0.1) is 5.92 Å². The van der Waals surface area contributed by atoms with Crippen LogP contribution in [0.3, 0.4) is 0 Å². The highest BCUT2D eigenvalue weighted by Gasteiger charge is 2.37. The zero-order valence-corrected chi connectivity index (χ0v) is 14.1. The molecule has 0 aromatic carbocycles. The molecule has 1 aromatic heterocycles. The Morgan fingerprint density at radius 1 is 1.50 bits per heavy atom. The second kappa shape index (κ2) is 6.64. The van der Waals surface area contributed by atoms with Crippen molar-refractivity contribution in [3.8, 4) is 0 Å². The number of hydrogen-bond acceptors (Lipinski definition) is 5. The molecule has 0 bridgehead atoms. The number of piperidine rings is 1. The van der Waals surface area contributed by atoms with E-state index < -0.39 is 5.54 Å². The van der Waals surface area contributed by atoms with Crippen LogP contribution in [0.25, 0.3) is 0 Å². The van der Waals surface area contributed by atoms with Gasteiger partial charge in [0, 0.05) is 18.5 Å². The minimum absolute atomic E-state index is 0.0718. The maximum Gasteiger partial charge on any atom is 0.246 e. The van der Waals surface area contributed by atoms with E-state index in [4.69, 9.17) is 5.73 Å². The van der Waals surface area contributed by atoms with Crippen molar-refractivity contribution in [3.05, 3.63) is 11.1 Å². The Balaban J connectivity index is 1.55. The molecule has 2 fully saturated rings. The third-order valence-corrected chi connectivity index (χ3v) is 5.65. The summed E-state index contributed by atoms with van der Waals surface area (Å²) in [6, 6.07) is 0. The summed E-state index contributed by atoms with van der Waals surface area (Å²) in [7, 11) is 0. The van der Waals surface area contributed by atoms with Crippen molar-refractivity contribution in [2.45, 2.75) is 57.5 Å². The van der Waals surface area contributed by atoms with Gasteiger partial charge in [-0.2, -0.15) is 0 Å². The third-order valence-electron chi connectivity index (χ3n) is 4.85. The summed E-state index contributed by atoms with van der Waals surface area (Å²) < 4.78 is 0. The molecule has 22 heavy (non-hydrogen) atoms. The number of hydrogen-bond donors (Lipinski definition) is 2. The Morgan fingerprint density at radius 2 is 2.27 bits per heavy atom. The number of anilines is 1. The molecule has 2 heterocycles. The van der Waals surface area contributed by atoms with Crippen LogP contribution < -0.4 is 11.1 Å². The maximum absolute atomic E-state index is 12.3. The molecule has 1 aliphatic heterocycles. The first kappa shape index (κ1) is 15.9. The standard InChI is InChI=1S/C16H26N4OS/c1-12-5-4-8-20(9-12)10-13-11-22-15(18-13)19-14(21)16(17)6-2-3-7-16/h11-12H,2-10,17H2,1H3,(H,18,19,21). The van der Waals surface area contributed by atoms with Gasteiger partial charge in [-0.25, -0.2) is 4.98 Å². The fourth-order valence-corrected chi connectivity index (χ4v) is 4.25. The number of carbonyl (C=O) groups is 1. The van der Waals surface area contributed by atoms with Gasteiger partial charge in [-0.3, -0.25) is 9.69 Å². The number of nitrogens with two attached hydrogens (primary N) is 1. The molecule has 3 N–H and O–H groups in total. The summed E-state index contributed by atoms with van der Waals surface area (Å²) in [6.45, 7) is 5.48. The van der Waals surface area contributed by atoms with Crippen LogP contribution in [0.5, 0.6) is 0 Å². The molecule has 3 rings (SSSR count). The van der Waals surface area contributed by atoms with E-state index in [-0.39, 0.29) is 5.91 Å². The second-order valence-corrected chi connectivity index (χ2v) is 7.80. The van der Waals surface area contributed by atoms with Gasteiger partial charge in [-0.05, 0) is 38.1 Å². The quantitative estimate of drug-likeness (QED) is 0.894. The van der Waals surface area contributed by atoms with Crippen molar-refractivity contribution in [2.24, 2.45) is 11.7 Å². The summed E-state index contributed by atoms with van der Waals surface area (Å²) in [6.07, 6.45) is 6.24. The molecule has 1 atom stereocenters. The number of nitrogens with zero attached hydrogens (tertiary/aromatic N) is 2. The number of likely N-dealkylation sites (tertiary alicyclic amines) is 1. The average Bonchev–Trinajstić information content (AvgIpc) is 3.09. The molecule has 1 unspecified atom stereocenters. The van der Waals surface area contributed by atoms with Gasteiger partial charge in [-0.15, -0.1) is 11.3 Å². The van der Waals surface area contributed by atoms with Gasteiger partial charge in [0.15, 0.2) is 5.13 Å². The second-order valence-electron chi connectivity index (χ2n) is 6.94. The van der Waals surface area contributed by atoms with E-state index in [0.29, 0.717) is 5.13 Å². The SMILES string of the molecule is CC1CCCN(Cc2csc(NC(=O)C3(N)CCCC3)n2)C1. The third kappa shape index (κ3) is 3.67. The van der Waals surface area contributed by atoms with Gasteiger partial charge >= 0.3 is 0 Å². The summed E-state index contributed by atoms with van der Waals surface area (Å²) >= 11 is 1.50. The molecular weight excluding hydrogens is 296 g/mol. The Kier molecular flexibility index (Phi) is 4.80. The largest absolute Gasteiger partial charge is 0.317 e. The highest BCUT2D eigenvalue weighted by molar-refractivity contribution is 7.13. The summed E-state index contributed by atoms with van der Waals surface area (Å²) in [4.78, 5) is 19.3. The summed E-state index contributed by atoms with van der Waals surface area (Å²) in [5.74, 6) is 0.698. The number of rotatable bonds is 4. The van der Waals surface area contributed by atoms with Crippen LogP contribution in [0.2, 0.25) is 0 Å². The minimum Gasteiger partial charge on any atom is -0.317 e. The predicted molar refractivity (Wildman–Crippen MR) is 89.8 cm³/mol. The van der Waals surface area contributed by atoms with E-state index in [2.05, 4.69) is 22.1 Å². The molecule has 0 spiro atoms. The molecule has 1 aromatic rings. The van der Waals surface area contributed by atoms with E-state index >= 15 is 0 Å². The highest BCUT2D eigenvalue weighted by atomic mass is 32.1. The zero-order chi connectivity index (χ0) is 15.6. The lowest BCUT2D eigenvalue weighted by Gasteiger charge is -2.30. The summed E-state index contributed by atoms with van der Waals surface area (Å²) in [5, 5.41) is 5.65. The highest BCUT2D eigenvalue weighted by Crippen LogP contribution is 2.29. The van der Waals surface area contributed by atoms with Crippen LogP contribution >= 0.6 is 11.3 Å². The number of nitrogens with one attached hydrogen (secondary N) is 1. The number of aromatic nitrogens is 1. The molecule has 1 saturated heterocycles. The van der Waals surface area contributed by atoms with Crippen molar-refractivity contribution in [1.82, 2.24) is 9.88 Å². The lowest BCUT2D eigenvalue weighted by molar-refractivity contribution is -0.121. The molecule has 6 heteroatoms. The topological polar surface area (TPSA) is 71.2 Å². The number of amides is 1. The normalized spacial score (nSPS) is 25.3. The maximum atomic E-state index is 12.3. The molecular formula is C16H26N4OS. The van der Waals surface area contributed by atoms with Crippen molar-refractivity contribution >= 4 is 22.4 Å². The average molecular weight is 322 g/mol. The van der Waals surface area contributed by atoms with Crippen molar-refractivity contribution in [2.75, 3.05) is 18.4 Å². The molecule has 1 saturated carbocycles. The fraction of sp³-hybridized carbons (Fsp3) is 0.750. The first-order valence-electron chi connectivity index (χ1n) is 8.32. The lowest BCUT2D eigenvalue weighted by atomic mass is 9.98. The number of thiazole rings is 1. The molecule has 1 aliphatic carbocycles. The molecule has 0 radical (unpaired) electrons.